The molecule has 31 heavy (non-hydrogen) atoms. The second kappa shape index (κ2) is 11.2. The van der Waals surface area contributed by atoms with Gasteiger partial charge in [-0.3, -0.25) is 0 Å². The molecule has 0 unspecified atom stereocenters. The number of benzene rings is 4. The average Bonchev–Trinajstić information content (AvgIpc) is 2.75. The lowest BCUT2D eigenvalue weighted by atomic mass is 10.0. The van der Waals surface area contributed by atoms with Crippen LogP contribution in [0.25, 0.3) is 0 Å². The molecule has 0 bridgehead atoms. The number of ether oxygens (including phenoxy) is 1. The Bertz CT molecular complexity index is 867. The first-order valence-electron chi connectivity index (χ1n) is 9.56. The maximum Gasteiger partial charge on any atom is 0.127 e. The van der Waals surface area contributed by atoms with E-state index in [0.29, 0.717) is 0 Å². The van der Waals surface area contributed by atoms with E-state index in [1.807, 2.05) is 72.8 Å². The summed E-state index contributed by atoms with van der Waals surface area (Å²) < 4.78 is 5.58. The third-order valence-electron chi connectivity index (χ3n) is 4.36. The molecule has 4 rings (SSSR count). The molecule has 4 aromatic carbocycles. The normalized spacial score (nSPS) is 9.68. The maximum absolute atomic E-state index is 5.62. The minimum absolute atomic E-state index is 0. The van der Waals surface area contributed by atoms with Crippen molar-refractivity contribution < 1.29 is 4.74 Å². The van der Waals surface area contributed by atoms with Crippen molar-refractivity contribution in [1.29, 1.82) is 0 Å². The summed E-state index contributed by atoms with van der Waals surface area (Å²) in [5.41, 5.74) is 27.9. The first-order valence-corrected chi connectivity index (χ1v) is 9.56. The van der Waals surface area contributed by atoms with E-state index in [0.717, 1.165) is 40.7 Å². The van der Waals surface area contributed by atoms with Crippen LogP contribution in [-0.2, 0) is 6.42 Å². The lowest BCUT2D eigenvalue weighted by Gasteiger charge is -2.05. The largest absolute Gasteiger partial charge is 0.457 e. The Morgan fingerprint density at radius 1 is 0.419 bits per heavy atom. The Hall–Kier alpha value is -4.12. The van der Waals surface area contributed by atoms with Gasteiger partial charge in [-0.25, -0.2) is 0 Å². The molecular weight excluding hydrogens is 384 g/mol. The molecular formula is C26H30N4O. The summed E-state index contributed by atoms with van der Waals surface area (Å²) >= 11 is 0. The molecule has 0 spiro atoms. The van der Waals surface area contributed by atoms with Crippen molar-refractivity contribution in [3.05, 3.63) is 108 Å². The van der Waals surface area contributed by atoms with Crippen LogP contribution in [0, 0.1) is 0 Å². The number of anilines is 4. The molecule has 5 heteroatoms. The zero-order valence-corrected chi connectivity index (χ0v) is 16.7. The molecule has 4 aromatic rings. The van der Waals surface area contributed by atoms with Crippen molar-refractivity contribution >= 4 is 22.7 Å². The van der Waals surface area contributed by atoms with E-state index in [9.17, 15) is 0 Å². The van der Waals surface area contributed by atoms with Crippen LogP contribution in [0.15, 0.2) is 97.1 Å². The summed E-state index contributed by atoms with van der Waals surface area (Å²) in [7, 11) is 0. The van der Waals surface area contributed by atoms with Crippen molar-refractivity contribution in [2.75, 3.05) is 22.9 Å². The van der Waals surface area contributed by atoms with Gasteiger partial charge >= 0.3 is 0 Å². The smallest absolute Gasteiger partial charge is 0.127 e. The fraction of sp³-hybridized carbons (Fsp3) is 0.0769. The van der Waals surface area contributed by atoms with Gasteiger partial charge in [0.25, 0.3) is 0 Å². The first kappa shape index (κ1) is 23.2. The Balaban J connectivity index is 0.000000213. The molecule has 0 aromatic heterocycles. The molecule has 0 aliphatic carbocycles. The summed E-state index contributed by atoms with van der Waals surface area (Å²) in [5, 5.41) is 0. The van der Waals surface area contributed by atoms with Gasteiger partial charge in [-0.05, 0) is 90.3 Å². The molecule has 0 saturated carbocycles. The Kier molecular flexibility index (Phi) is 8.34. The van der Waals surface area contributed by atoms with Gasteiger partial charge in [0.1, 0.15) is 11.5 Å². The quantitative estimate of drug-likeness (QED) is 0.319. The Labute approximate surface area is 184 Å². The van der Waals surface area contributed by atoms with Gasteiger partial charge < -0.3 is 27.7 Å². The van der Waals surface area contributed by atoms with Crippen LogP contribution >= 0.6 is 0 Å². The monoisotopic (exact) mass is 414 g/mol. The first-order chi connectivity index (χ1) is 14.5. The molecule has 5 nitrogen and oxygen atoms in total. The molecule has 0 heterocycles. The van der Waals surface area contributed by atoms with E-state index in [-0.39, 0.29) is 7.43 Å². The highest BCUT2D eigenvalue weighted by molar-refractivity contribution is 5.46. The second-order valence-electron chi connectivity index (χ2n) is 6.90. The van der Waals surface area contributed by atoms with Crippen molar-refractivity contribution in [3.8, 4) is 11.5 Å². The van der Waals surface area contributed by atoms with Gasteiger partial charge in [0.15, 0.2) is 0 Å². The summed E-state index contributed by atoms with van der Waals surface area (Å²) in [6, 6.07) is 30.4. The third kappa shape index (κ3) is 7.66. The fourth-order valence-electron chi connectivity index (χ4n) is 2.71. The van der Waals surface area contributed by atoms with E-state index in [4.69, 9.17) is 27.7 Å². The standard InChI is InChI=1S/C13H14N2.C12H12N2O.CH4/c14-12-5-1-10(2-6-12)9-11-3-7-13(15)8-4-11;13-9-1-5-11(6-2-9)15-12-7-3-10(14)4-8-12;/h1-8H,9,14-15H2;1-8H,13-14H2;1H4. The molecule has 0 aliphatic rings. The summed E-state index contributed by atoms with van der Waals surface area (Å²) in [5.74, 6) is 1.52. The van der Waals surface area contributed by atoms with Gasteiger partial charge in [0, 0.05) is 22.7 Å². The summed E-state index contributed by atoms with van der Waals surface area (Å²) in [6.07, 6.45) is 0.917. The predicted molar refractivity (Wildman–Crippen MR) is 133 cm³/mol. The highest BCUT2D eigenvalue weighted by Crippen LogP contribution is 2.22. The summed E-state index contributed by atoms with van der Waals surface area (Å²) in [4.78, 5) is 0. The minimum atomic E-state index is 0. The van der Waals surface area contributed by atoms with Crippen LogP contribution in [0.3, 0.4) is 0 Å². The van der Waals surface area contributed by atoms with Crippen LogP contribution in [0.1, 0.15) is 18.6 Å². The van der Waals surface area contributed by atoms with Crippen LogP contribution in [0.5, 0.6) is 11.5 Å². The van der Waals surface area contributed by atoms with Crippen LogP contribution < -0.4 is 27.7 Å². The van der Waals surface area contributed by atoms with E-state index in [2.05, 4.69) is 0 Å². The van der Waals surface area contributed by atoms with Gasteiger partial charge in [-0.15, -0.1) is 0 Å². The minimum Gasteiger partial charge on any atom is -0.457 e. The predicted octanol–water partition coefficient (Wildman–Crippen LogP) is 5.72. The Morgan fingerprint density at radius 2 is 0.677 bits per heavy atom. The highest BCUT2D eigenvalue weighted by atomic mass is 16.5. The molecule has 0 aliphatic heterocycles. The highest BCUT2D eigenvalue weighted by Gasteiger charge is 1.97. The molecule has 160 valence electrons. The van der Waals surface area contributed by atoms with Crippen LogP contribution in [0.2, 0.25) is 0 Å². The van der Waals surface area contributed by atoms with Crippen molar-refractivity contribution in [2.45, 2.75) is 13.8 Å². The molecule has 8 N–H and O–H groups in total. The zero-order chi connectivity index (χ0) is 21.3. The second-order valence-corrected chi connectivity index (χ2v) is 6.90. The number of nitrogens with two attached hydrogens (primary N) is 4. The van der Waals surface area contributed by atoms with Gasteiger partial charge in [0.2, 0.25) is 0 Å². The molecule has 0 atom stereocenters. The lowest BCUT2D eigenvalue weighted by molar-refractivity contribution is 0.483. The van der Waals surface area contributed by atoms with Gasteiger partial charge in [-0.2, -0.15) is 0 Å². The molecule has 0 amide bonds. The maximum atomic E-state index is 5.62. The van der Waals surface area contributed by atoms with E-state index in [1.54, 1.807) is 24.3 Å². The van der Waals surface area contributed by atoms with E-state index < -0.39 is 0 Å². The number of hydrogen-bond donors (Lipinski definition) is 4. The number of hydrogen-bond acceptors (Lipinski definition) is 5. The molecule has 0 radical (unpaired) electrons. The van der Waals surface area contributed by atoms with Crippen molar-refractivity contribution in [2.24, 2.45) is 0 Å². The van der Waals surface area contributed by atoms with Gasteiger partial charge in [0.05, 0.1) is 0 Å². The van der Waals surface area contributed by atoms with E-state index in [1.165, 1.54) is 11.1 Å². The SMILES string of the molecule is C.Nc1ccc(Cc2ccc(N)cc2)cc1.Nc1ccc(Oc2ccc(N)cc2)cc1. The molecule has 0 saturated heterocycles. The number of rotatable bonds is 4. The van der Waals surface area contributed by atoms with Gasteiger partial charge in [-0.1, -0.05) is 31.7 Å². The van der Waals surface area contributed by atoms with Crippen molar-refractivity contribution in [1.82, 2.24) is 0 Å². The lowest BCUT2D eigenvalue weighted by Crippen LogP contribution is -1.90. The fourth-order valence-corrected chi connectivity index (χ4v) is 2.71. The third-order valence-corrected chi connectivity index (χ3v) is 4.36. The average molecular weight is 415 g/mol. The Morgan fingerprint density at radius 3 is 0.968 bits per heavy atom. The number of nitrogen functional groups attached to an aromatic ring is 4. The van der Waals surface area contributed by atoms with Crippen molar-refractivity contribution in [3.63, 3.8) is 0 Å². The van der Waals surface area contributed by atoms with Crippen LogP contribution in [0.4, 0.5) is 22.7 Å². The summed E-state index contributed by atoms with van der Waals surface area (Å²) in [6.45, 7) is 0. The zero-order valence-electron chi connectivity index (χ0n) is 16.7. The van der Waals surface area contributed by atoms with Crippen LogP contribution in [-0.4, -0.2) is 0 Å². The topological polar surface area (TPSA) is 113 Å². The van der Waals surface area contributed by atoms with E-state index >= 15 is 0 Å². The molecule has 0 fully saturated rings.